The molecule has 1 N–H and O–H groups in total. The van der Waals surface area contributed by atoms with Gasteiger partial charge in [0.2, 0.25) is 5.89 Å². The van der Waals surface area contributed by atoms with Crippen LogP contribution >= 0.6 is 0 Å². The molecular formula is C20H15N3O3. The Kier molecular flexibility index (Phi) is 4.07. The molecule has 0 radical (unpaired) electrons. The first kappa shape index (κ1) is 15.8. The predicted octanol–water partition coefficient (Wildman–Crippen LogP) is 4.15. The topological polar surface area (TPSA) is 77.2 Å². The van der Waals surface area contributed by atoms with Gasteiger partial charge in [-0.05, 0) is 48.5 Å². The summed E-state index contributed by atoms with van der Waals surface area (Å²) in [7, 11) is 1.57. The summed E-state index contributed by atoms with van der Waals surface area (Å²) < 4.78 is 10.9. The van der Waals surface area contributed by atoms with Gasteiger partial charge in [-0.1, -0.05) is 12.1 Å². The van der Waals surface area contributed by atoms with Gasteiger partial charge in [-0.3, -0.25) is 4.79 Å². The summed E-state index contributed by atoms with van der Waals surface area (Å²) in [5.41, 5.74) is 3.08. The number of hydrogen-bond acceptors (Lipinski definition) is 5. The number of carbonyl (C=O) groups is 1. The number of pyridine rings is 1. The number of fused-ring (bicyclic) bond motifs is 1. The Labute approximate surface area is 149 Å². The third-order valence-corrected chi connectivity index (χ3v) is 3.86. The van der Waals surface area contributed by atoms with Gasteiger partial charge in [-0.25, -0.2) is 4.98 Å². The Balaban J connectivity index is 1.60. The highest BCUT2D eigenvalue weighted by Crippen LogP contribution is 2.25. The molecule has 128 valence electrons. The summed E-state index contributed by atoms with van der Waals surface area (Å²) in [6.07, 6.45) is 1.67. The lowest BCUT2D eigenvalue weighted by Gasteiger charge is -2.07. The van der Waals surface area contributed by atoms with Gasteiger partial charge in [0, 0.05) is 23.0 Å². The third kappa shape index (κ3) is 3.12. The monoisotopic (exact) mass is 345 g/mol. The highest BCUT2D eigenvalue weighted by atomic mass is 16.5. The number of oxazole rings is 1. The fourth-order valence-corrected chi connectivity index (χ4v) is 2.59. The minimum absolute atomic E-state index is 0.222. The number of benzene rings is 2. The van der Waals surface area contributed by atoms with Crippen LogP contribution in [0.25, 0.3) is 22.7 Å². The molecule has 0 bridgehead atoms. The first-order valence-electron chi connectivity index (χ1n) is 8.00. The van der Waals surface area contributed by atoms with Crippen LogP contribution in [0.2, 0.25) is 0 Å². The smallest absolute Gasteiger partial charge is 0.255 e. The second-order valence-corrected chi connectivity index (χ2v) is 5.61. The van der Waals surface area contributed by atoms with E-state index in [0.29, 0.717) is 34.1 Å². The number of methoxy groups -OCH3 is 1. The highest BCUT2D eigenvalue weighted by Gasteiger charge is 2.11. The molecule has 0 saturated carbocycles. The molecule has 2 heterocycles. The van der Waals surface area contributed by atoms with E-state index in [0.717, 1.165) is 5.56 Å². The van der Waals surface area contributed by atoms with E-state index in [4.69, 9.17) is 9.15 Å². The average Bonchev–Trinajstić information content (AvgIpc) is 3.12. The van der Waals surface area contributed by atoms with Crippen molar-refractivity contribution in [3.8, 4) is 17.2 Å². The van der Waals surface area contributed by atoms with E-state index in [2.05, 4.69) is 15.3 Å². The Morgan fingerprint density at radius 2 is 1.96 bits per heavy atom. The fraction of sp³-hybridized carbons (Fsp3) is 0.0500. The molecule has 4 aromatic rings. The van der Waals surface area contributed by atoms with Crippen LogP contribution in [0.1, 0.15) is 10.4 Å². The van der Waals surface area contributed by atoms with Crippen LogP contribution in [0.5, 0.6) is 5.75 Å². The molecule has 1 amide bonds. The van der Waals surface area contributed by atoms with E-state index in [1.54, 1.807) is 43.6 Å². The van der Waals surface area contributed by atoms with Crippen LogP contribution in [0.4, 0.5) is 5.69 Å². The molecule has 0 aliphatic rings. The number of ether oxygens (including phenoxy) is 1. The second-order valence-electron chi connectivity index (χ2n) is 5.61. The molecule has 0 unspecified atom stereocenters. The van der Waals surface area contributed by atoms with Gasteiger partial charge >= 0.3 is 0 Å². The molecule has 6 nitrogen and oxygen atoms in total. The van der Waals surface area contributed by atoms with E-state index < -0.39 is 0 Å². The molecule has 0 saturated heterocycles. The molecule has 0 fully saturated rings. The minimum Gasteiger partial charge on any atom is -0.497 e. The van der Waals surface area contributed by atoms with E-state index in [-0.39, 0.29) is 5.91 Å². The van der Waals surface area contributed by atoms with Crippen molar-refractivity contribution in [2.75, 3.05) is 12.4 Å². The second kappa shape index (κ2) is 6.68. The molecule has 0 atom stereocenters. The first-order chi connectivity index (χ1) is 12.7. The largest absolute Gasteiger partial charge is 0.497 e. The first-order valence-corrected chi connectivity index (χ1v) is 8.00. The molecule has 0 aliphatic carbocycles. The van der Waals surface area contributed by atoms with Crippen molar-refractivity contribution >= 4 is 22.8 Å². The summed E-state index contributed by atoms with van der Waals surface area (Å²) >= 11 is 0. The number of hydrogen-bond donors (Lipinski definition) is 1. The number of aromatic nitrogens is 2. The van der Waals surface area contributed by atoms with Crippen LogP contribution in [-0.2, 0) is 0 Å². The standard InChI is InChI=1S/C20H15N3O3/c1-25-16-8-3-5-13(12-16)19(24)22-15-7-2-6-14(11-15)20-23-18-17(26-20)9-4-10-21-18/h2-12H,1H3,(H,22,24). The quantitative estimate of drug-likeness (QED) is 0.601. The molecular weight excluding hydrogens is 330 g/mol. The van der Waals surface area contributed by atoms with Crippen molar-refractivity contribution in [3.63, 3.8) is 0 Å². The minimum atomic E-state index is -0.222. The number of anilines is 1. The zero-order valence-corrected chi connectivity index (χ0v) is 14.0. The van der Waals surface area contributed by atoms with Crippen LogP contribution in [0, 0.1) is 0 Å². The lowest BCUT2D eigenvalue weighted by atomic mass is 10.1. The highest BCUT2D eigenvalue weighted by molar-refractivity contribution is 6.04. The van der Waals surface area contributed by atoms with Crippen LogP contribution in [0.15, 0.2) is 71.3 Å². The molecule has 4 rings (SSSR count). The summed E-state index contributed by atoms with van der Waals surface area (Å²) in [6, 6.07) is 17.9. The SMILES string of the molecule is COc1cccc(C(=O)Nc2cccc(-c3nc4ncccc4o3)c2)c1. The van der Waals surface area contributed by atoms with Crippen molar-refractivity contribution in [2.24, 2.45) is 0 Å². The fourth-order valence-electron chi connectivity index (χ4n) is 2.59. The summed E-state index contributed by atoms with van der Waals surface area (Å²) in [5, 5.41) is 2.87. The Morgan fingerprint density at radius 3 is 2.81 bits per heavy atom. The van der Waals surface area contributed by atoms with Gasteiger partial charge in [0.25, 0.3) is 5.91 Å². The maximum atomic E-state index is 12.5. The Morgan fingerprint density at radius 1 is 1.08 bits per heavy atom. The molecule has 0 spiro atoms. The number of carbonyl (C=O) groups excluding carboxylic acids is 1. The normalized spacial score (nSPS) is 10.7. The average molecular weight is 345 g/mol. The van der Waals surface area contributed by atoms with Crippen LogP contribution in [0.3, 0.4) is 0 Å². The molecule has 0 aliphatic heterocycles. The maximum absolute atomic E-state index is 12.5. The van der Waals surface area contributed by atoms with Crippen LogP contribution < -0.4 is 10.1 Å². The van der Waals surface area contributed by atoms with Gasteiger partial charge in [0.1, 0.15) is 5.75 Å². The van der Waals surface area contributed by atoms with Gasteiger partial charge in [-0.2, -0.15) is 4.98 Å². The summed E-state index contributed by atoms with van der Waals surface area (Å²) in [4.78, 5) is 21.0. The molecule has 2 aromatic carbocycles. The maximum Gasteiger partial charge on any atom is 0.255 e. The zero-order chi connectivity index (χ0) is 17.9. The van der Waals surface area contributed by atoms with Gasteiger partial charge in [0.05, 0.1) is 7.11 Å². The molecule has 2 aromatic heterocycles. The van der Waals surface area contributed by atoms with Crippen molar-refractivity contribution in [2.45, 2.75) is 0 Å². The van der Waals surface area contributed by atoms with Crippen molar-refractivity contribution in [1.82, 2.24) is 9.97 Å². The lowest BCUT2D eigenvalue weighted by molar-refractivity contribution is 0.102. The molecule has 26 heavy (non-hydrogen) atoms. The van der Waals surface area contributed by atoms with Crippen molar-refractivity contribution in [1.29, 1.82) is 0 Å². The number of amides is 1. The summed E-state index contributed by atoms with van der Waals surface area (Å²) in [6.45, 7) is 0. The Hall–Kier alpha value is -3.67. The van der Waals surface area contributed by atoms with Crippen LogP contribution in [-0.4, -0.2) is 23.0 Å². The van der Waals surface area contributed by atoms with E-state index >= 15 is 0 Å². The summed E-state index contributed by atoms with van der Waals surface area (Å²) in [5.74, 6) is 0.863. The van der Waals surface area contributed by atoms with Gasteiger partial charge in [-0.15, -0.1) is 0 Å². The van der Waals surface area contributed by atoms with Crippen molar-refractivity contribution < 1.29 is 13.9 Å². The van der Waals surface area contributed by atoms with Crippen molar-refractivity contribution in [3.05, 3.63) is 72.4 Å². The van der Waals surface area contributed by atoms with E-state index in [1.165, 1.54) is 0 Å². The number of rotatable bonds is 4. The predicted molar refractivity (Wildman–Crippen MR) is 98.2 cm³/mol. The van der Waals surface area contributed by atoms with Gasteiger partial charge in [0.15, 0.2) is 11.2 Å². The molecule has 6 heteroatoms. The van der Waals surface area contributed by atoms with Gasteiger partial charge < -0.3 is 14.5 Å². The Bertz CT molecular complexity index is 1060. The lowest BCUT2D eigenvalue weighted by Crippen LogP contribution is -2.11. The zero-order valence-electron chi connectivity index (χ0n) is 14.0. The number of nitrogens with zero attached hydrogens (tertiary/aromatic N) is 2. The van der Waals surface area contributed by atoms with E-state index in [9.17, 15) is 4.79 Å². The van der Waals surface area contributed by atoms with E-state index in [1.807, 2.05) is 30.3 Å². The third-order valence-electron chi connectivity index (χ3n) is 3.86. The number of nitrogens with one attached hydrogen (secondary N) is 1.